The molecule has 2 saturated heterocycles. The largest absolute Gasteiger partial charge is 0.486 e. The van der Waals surface area contributed by atoms with Crippen molar-refractivity contribution in [2.24, 2.45) is 5.73 Å². The van der Waals surface area contributed by atoms with Gasteiger partial charge in [-0.15, -0.1) is 0 Å². The molecular weight excluding hydrogens is 322 g/mol. The Morgan fingerprint density at radius 3 is 2.76 bits per heavy atom. The molecule has 0 spiro atoms. The number of nitrogens with zero attached hydrogens (tertiary/aromatic N) is 2. The van der Waals surface area contributed by atoms with Gasteiger partial charge in [0.25, 0.3) is 0 Å². The van der Waals surface area contributed by atoms with E-state index < -0.39 is 0 Å². The van der Waals surface area contributed by atoms with Gasteiger partial charge in [-0.1, -0.05) is 12.1 Å². The molecule has 3 heterocycles. The fourth-order valence-corrected chi connectivity index (χ4v) is 3.85. The van der Waals surface area contributed by atoms with Crippen LogP contribution in [-0.2, 0) is 4.74 Å². The van der Waals surface area contributed by atoms with Crippen LogP contribution < -0.4 is 15.2 Å². The van der Waals surface area contributed by atoms with Gasteiger partial charge in [0.05, 0.1) is 6.54 Å². The van der Waals surface area contributed by atoms with Crippen LogP contribution in [0.2, 0.25) is 0 Å². The Bertz CT molecular complexity index is 626. The van der Waals surface area contributed by atoms with Crippen molar-refractivity contribution in [3.8, 4) is 11.5 Å². The van der Waals surface area contributed by atoms with Crippen molar-refractivity contribution in [1.82, 2.24) is 9.80 Å². The van der Waals surface area contributed by atoms with Crippen molar-refractivity contribution in [3.63, 3.8) is 0 Å². The lowest BCUT2D eigenvalue weighted by atomic mass is 10.0. The van der Waals surface area contributed by atoms with E-state index in [2.05, 4.69) is 4.90 Å². The van der Waals surface area contributed by atoms with Gasteiger partial charge in [0, 0.05) is 25.7 Å². The zero-order valence-corrected chi connectivity index (χ0v) is 14.3. The molecule has 25 heavy (non-hydrogen) atoms. The summed E-state index contributed by atoms with van der Waals surface area (Å²) in [7, 11) is 0. The molecule has 3 aliphatic heterocycles. The van der Waals surface area contributed by atoms with E-state index in [1.54, 1.807) is 0 Å². The smallest absolute Gasteiger partial charge is 0.410 e. The van der Waals surface area contributed by atoms with Gasteiger partial charge in [-0.3, -0.25) is 4.90 Å². The van der Waals surface area contributed by atoms with Gasteiger partial charge >= 0.3 is 6.09 Å². The quantitative estimate of drug-likeness (QED) is 0.878. The van der Waals surface area contributed by atoms with Crippen molar-refractivity contribution >= 4 is 6.09 Å². The number of para-hydroxylation sites is 2. The molecule has 0 aliphatic carbocycles. The first-order valence-corrected chi connectivity index (χ1v) is 9.01. The highest BCUT2D eigenvalue weighted by molar-refractivity contribution is 5.70. The minimum absolute atomic E-state index is 0.0102. The Hall–Kier alpha value is -1.99. The molecule has 3 atom stereocenters. The van der Waals surface area contributed by atoms with E-state index in [1.807, 2.05) is 29.2 Å². The molecule has 0 saturated carbocycles. The summed E-state index contributed by atoms with van der Waals surface area (Å²) in [6.07, 6.45) is 1.68. The molecule has 4 rings (SSSR count). The molecule has 0 aromatic heterocycles. The molecule has 7 nitrogen and oxygen atoms in total. The highest BCUT2D eigenvalue weighted by Crippen LogP contribution is 2.31. The van der Waals surface area contributed by atoms with Crippen LogP contribution >= 0.6 is 0 Å². The molecule has 1 unspecified atom stereocenters. The number of carbonyl (C=O) groups excluding carboxylic acids is 1. The number of cyclic esters (lactones) is 1. The van der Waals surface area contributed by atoms with Crippen LogP contribution in [0.5, 0.6) is 11.5 Å². The summed E-state index contributed by atoms with van der Waals surface area (Å²) in [5.41, 5.74) is 5.63. The van der Waals surface area contributed by atoms with Crippen LogP contribution in [0.25, 0.3) is 0 Å². The number of fused-ring (bicyclic) bond motifs is 1. The number of nitrogens with two attached hydrogens (primary N) is 1. The molecule has 0 radical (unpaired) electrons. The Morgan fingerprint density at radius 1 is 1.12 bits per heavy atom. The Morgan fingerprint density at radius 2 is 1.96 bits per heavy atom. The lowest BCUT2D eigenvalue weighted by molar-refractivity contribution is 0.0394. The molecular formula is C18H25N3O4. The number of likely N-dealkylation sites (tertiary alicyclic amines) is 1. The zero-order valence-electron chi connectivity index (χ0n) is 14.3. The number of amides is 1. The van der Waals surface area contributed by atoms with Crippen LogP contribution in [0.4, 0.5) is 4.79 Å². The maximum Gasteiger partial charge on any atom is 0.410 e. The number of hydrogen-bond donors (Lipinski definition) is 1. The first kappa shape index (κ1) is 16.5. The molecule has 7 heteroatoms. The maximum absolute atomic E-state index is 12.1. The van der Waals surface area contributed by atoms with Crippen LogP contribution in [-0.4, -0.2) is 73.5 Å². The molecule has 3 aliphatic rings. The predicted molar refractivity (Wildman–Crippen MR) is 91.8 cm³/mol. The lowest BCUT2D eigenvalue weighted by Gasteiger charge is -2.38. The van der Waals surface area contributed by atoms with Gasteiger partial charge in [-0.25, -0.2) is 4.79 Å². The van der Waals surface area contributed by atoms with E-state index in [0.29, 0.717) is 19.7 Å². The number of carbonyl (C=O) groups is 1. The third-order valence-corrected chi connectivity index (χ3v) is 5.12. The van der Waals surface area contributed by atoms with Crippen molar-refractivity contribution in [2.45, 2.75) is 31.1 Å². The van der Waals surface area contributed by atoms with E-state index in [0.717, 1.165) is 44.0 Å². The number of hydrogen-bond acceptors (Lipinski definition) is 6. The molecule has 136 valence electrons. The number of benzene rings is 1. The summed E-state index contributed by atoms with van der Waals surface area (Å²) >= 11 is 0. The van der Waals surface area contributed by atoms with Crippen molar-refractivity contribution in [2.75, 3.05) is 39.3 Å². The number of piperidine rings is 1. The van der Waals surface area contributed by atoms with Crippen molar-refractivity contribution in [1.29, 1.82) is 0 Å². The average molecular weight is 347 g/mol. The fraction of sp³-hybridized carbons (Fsp3) is 0.611. The topological polar surface area (TPSA) is 77.3 Å². The van der Waals surface area contributed by atoms with Gasteiger partial charge < -0.3 is 24.8 Å². The second kappa shape index (κ2) is 7.09. The molecule has 1 amide bonds. The van der Waals surface area contributed by atoms with Gasteiger partial charge in [-0.05, 0) is 31.5 Å². The lowest BCUT2D eigenvalue weighted by Crippen LogP contribution is -2.51. The van der Waals surface area contributed by atoms with E-state index in [1.165, 1.54) is 0 Å². The highest BCUT2D eigenvalue weighted by atomic mass is 16.6. The van der Waals surface area contributed by atoms with Gasteiger partial charge in [-0.2, -0.15) is 0 Å². The summed E-state index contributed by atoms with van der Waals surface area (Å²) in [6, 6.07) is 7.95. The third-order valence-electron chi connectivity index (χ3n) is 5.12. The standard InChI is InChI=1S/C18H25N3O4/c19-8-14-11-21(18(22)25-14)13-4-3-7-20(9-13)10-15-12-23-16-5-1-2-6-17(16)24-15/h1-2,5-6,13-15H,3-4,7-12,19H2/t13-,14?,15-/m0/s1. The SMILES string of the molecule is NCC1CN([C@H]2CCCN(C[C@H]3COc4ccccc4O3)C2)C(=O)O1. The zero-order chi connectivity index (χ0) is 17.2. The monoisotopic (exact) mass is 347 g/mol. The average Bonchev–Trinajstić information content (AvgIpc) is 3.03. The molecule has 2 N–H and O–H groups in total. The summed E-state index contributed by atoms with van der Waals surface area (Å²) in [5, 5.41) is 0. The maximum atomic E-state index is 12.1. The van der Waals surface area contributed by atoms with Gasteiger partial charge in [0.2, 0.25) is 0 Å². The molecule has 0 bridgehead atoms. The van der Waals surface area contributed by atoms with Crippen LogP contribution in [0.3, 0.4) is 0 Å². The minimum Gasteiger partial charge on any atom is -0.486 e. The third kappa shape index (κ3) is 3.52. The first-order chi connectivity index (χ1) is 12.2. The van der Waals surface area contributed by atoms with Crippen LogP contribution in [0.15, 0.2) is 24.3 Å². The molecule has 1 aromatic carbocycles. The van der Waals surface area contributed by atoms with Crippen LogP contribution in [0.1, 0.15) is 12.8 Å². The van der Waals surface area contributed by atoms with Gasteiger partial charge in [0.15, 0.2) is 11.5 Å². The highest BCUT2D eigenvalue weighted by Gasteiger charge is 2.37. The summed E-state index contributed by atoms with van der Waals surface area (Å²) in [4.78, 5) is 16.3. The number of rotatable bonds is 4. The number of ether oxygens (including phenoxy) is 3. The summed E-state index contributed by atoms with van der Waals surface area (Å²) in [6.45, 7) is 4.19. The predicted octanol–water partition coefficient (Wildman–Crippen LogP) is 1.07. The van der Waals surface area contributed by atoms with Gasteiger partial charge in [0.1, 0.15) is 18.8 Å². The van der Waals surface area contributed by atoms with Crippen molar-refractivity contribution < 1.29 is 19.0 Å². The Labute approximate surface area is 147 Å². The first-order valence-electron chi connectivity index (χ1n) is 9.01. The Balaban J connectivity index is 1.34. The van der Waals surface area contributed by atoms with E-state index >= 15 is 0 Å². The minimum atomic E-state index is -0.228. The summed E-state index contributed by atoms with van der Waals surface area (Å²) < 4.78 is 17.2. The van der Waals surface area contributed by atoms with Crippen LogP contribution in [0, 0.1) is 0 Å². The van der Waals surface area contributed by atoms with Crippen molar-refractivity contribution in [3.05, 3.63) is 24.3 Å². The van der Waals surface area contributed by atoms with E-state index in [4.69, 9.17) is 19.9 Å². The second-order valence-corrected chi connectivity index (χ2v) is 6.95. The molecule has 2 fully saturated rings. The van der Waals surface area contributed by atoms with E-state index in [9.17, 15) is 4.79 Å². The molecule has 1 aromatic rings. The van der Waals surface area contributed by atoms with E-state index in [-0.39, 0.29) is 24.3 Å². The Kier molecular flexibility index (Phi) is 4.67. The second-order valence-electron chi connectivity index (χ2n) is 6.95. The fourth-order valence-electron chi connectivity index (χ4n) is 3.85. The summed E-state index contributed by atoms with van der Waals surface area (Å²) in [5.74, 6) is 1.61. The normalized spacial score (nSPS) is 29.6.